The van der Waals surface area contributed by atoms with E-state index in [1.165, 1.54) is 36.8 Å². The van der Waals surface area contributed by atoms with E-state index in [1.54, 1.807) is 0 Å². The number of aryl methyl sites for hydroxylation is 1. The molecule has 1 N–H and O–H groups in total. The Morgan fingerprint density at radius 1 is 1.42 bits per heavy atom. The summed E-state index contributed by atoms with van der Waals surface area (Å²) >= 11 is 4.77. The van der Waals surface area contributed by atoms with E-state index in [-0.39, 0.29) is 5.41 Å². The summed E-state index contributed by atoms with van der Waals surface area (Å²) in [5.41, 5.74) is 0.0745. The van der Waals surface area contributed by atoms with Gasteiger partial charge >= 0.3 is 0 Å². The van der Waals surface area contributed by atoms with Gasteiger partial charge in [0.05, 0.1) is 11.2 Å². The van der Waals surface area contributed by atoms with Crippen LogP contribution >= 0.6 is 27.3 Å². The van der Waals surface area contributed by atoms with Gasteiger partial charge in [0.15, 0.2) is 4.21 Å². The molecular weight excluding hydrogens is 348 g/mol. The van der Waals surface area contributed by atoms with Crippen LogP contribution in [-0.4, -0.2) is 25.3 Å². The van der Waals surface area contributed by atoms with Gasteiger partial charge in [0.2, 0.25) is 0 Å². The van der Waals surface area contributed by atoms with Crippen molar-refractivity contribution in [1.82, 2.24) is 9.71 Å². The predicted octanol–water partition coefficient (Wildman–Crippen LogP) is 3.08. The zero-order chi connectivity index (χ0) is 13.9. The zero-order valence-electron chi connectivity index (χ0n) is 11.0. The summed E-state index contributed by atoms with van der Waals surface area (Å²) in [6.07, 6.45) is 7.24. The molecule has 0 radical (unpaired) electrons. The van der Waals surface area contributed by atoms with Gasteiger partial charge in [0.25, 0.3) is 10.0 Å². The molecule has 7 heteroatoms. The summed E-state index contributed by atoms with van der Waals surface area (Å²) < 4.78 is 27.5. The molecule has 4 nitrogen and oxygen atoms in total. The monoisotopic (exact) mass is 366 g/mol. The summed E-state index contributed by atoms with van der Waals surface area (Å²) in [6.45, 7) is 2.32. The normalized spacial score (nSPS) is 19.5. The lowest BCUT2D eigenvalue weighted by atomic mass is 9.76. The van der Waals surface area contributed by atoms with Gasteiger partial charge in [0.1, 0.15) is 0 Å². The van der Waals surface area contributed by atoms with Crippen molar-refractivity contribution in [2.75, 3.05) is 11.9 Å². The van der Waals surface area contributed by atoms with Crippen molar-refractivity contribution in [3.63, 3.8) is 0 Å². The highest BCUT2D eigenvalue weighted by atomic mass is 79.9. The van der Waals surface area contributed by atoms with Crippen LogP contribution in [0.5, 0.6) is 0 Å². The third-order valence-corrected chi connectivity index (χ3v) is 7.66. The van der Waals surface area contributed by atoms with Crippen molar-refractivity contribution < 1.29 is 8.42 Å². The largest absolute Gasteiger partial charge is 0.251 e. The first-order valence-corrected chi connectivity index (χ1v) is 9.88. The number of thiazole rings is 1. The topological polar surface area (TPSA) is 59.1 Å². The van der Waals surface area contributed by atoms with Crippen LogP contribution in [0.1, 0.15) is 37.1 Å². The van der Waals surface area contributed by atoms with Gasteiger partial charge in [-0.05, 0) is 25.2 Å². The first kappa shape index (κ1) is 15.4. The number of halogens is 1. The van der Waals surface area contributed by atoms with Crippen molar-refractivity contribution in [1.29, 1.82) is 0 Å². The minimum Gasteiger partial charge on any atom is -0.249 e. The summed E-state index contributed by atoms with van der Waals surface area (Å²) in [5.74, 6) is 0. The average Bonchev–Trinajstić information content (AvgIpc) is 2.85. The molecule has 0 aromatic carbocycles. The fourth-order valence-electron chi connectivity index (χ4n) is 2.44. The standard InChI is InChI=1S/C12H19BrN2O2S2/c1-10-14-7-11(18-10)19(16,17)15-9-12(8-13)5-3-2-4-6-12/h7,15H,2-6,8-9H2,1H3. The highest BCUT2D eigenvalue weighted by Crippen LogP contribution is 2.37. The maximum Gasteiger partial charge on any atom is 0.251 e. The molecule has 2 rings (SSSR count). The first-order valence-electron chi connectivity index (χ1n) is 6.46. The van der Waals surface area contributed by atoms with E-state index in [4.69, 9.17) is 0 Å². The van der Waals surface area contributed by atoms with E-state index in [9.17, 15) is 8.42 Å². The van der Waals surface area contributed by atoms with Gasteiger partial charge in [0, 0.05) is 11.9 Å². The maximum atomic E-state index is 12.2. The first-order chi connectivity index (χ1) is 8.97. The van der Waals surface area contributed by atoms with Gasteiger partial charge < -0.3 is 0 Å². The second-order valence-corrected chi connectivity index (χ2v) is 9.01. The summed E-state index contributed by atoms with van der Waals surface area (Å²) in [7, 11) is -3.40. The smallest absolute Gasteiger partial charge is 0.249 e. The van der Waals surface area contributed by atoms with Gasteiger partial charge in [-0.3, -0.25) is 0 Å². The second kappa shape index (κ2) is 6.20. The SMILES string of the molecule is Cc1ncc(S(=O)(=O)NCC2(CBr)CCCCC2)s1. The van der Waals surface area contributed by atoms with Crippen molar-refractivity contribution in [3.8, 4) is 0 Å². The molecule has 1 aromatic heterocycles. The molecule has 1 heterocycles. The molecule has 0 aliphatic heterocycles. The molecule has 1 saturated carbocycles. The van der Waals surface area contributed by atoms with Crippen molar-refractivity contribution in [2.45, 2.75) is 43.2 Å². The highest BCUT2D eigenvalue weighted by molar-refractivity contribution is 9.09. The Balaban J connectivity index is 2.04. The van der Waals surface area contributed by atoms with Crippen LogP contribution in [0.3, 0.4) is 0 Å². The van der Waals surface area contributed by atoms with E-state index >= 15 is 0 Å². The summed E-state index contributed by atoms with van der Waals surface area (Å²) in [5, 5.41) is 1.62. The third kappa shape index (κ3) is 3.77. The Morgan fingerprint density at radius 3 is 2.63 bits per heavy atom. The Bertz CT molecular complexity index is 522. The van der Waals surface area contributed by atoms with Crippen molar-refractivity contribution >= 4 is 37.3 Å². The molecule has 1 aliphatic rings. The molecule has 1 fully saturated rings. The molecule has 0 bridgehead atoms. The van der Waals surface area contributed by atoms with E-state index in [0.717, 1.165) is 23.2 Å². The quantitative estimate of drug-likeness (QED) is 0.814. The van der Waals surface area contributed by atoms with E-state index in [0.29, 0.717) is 10.8 Å². The number of aromatic nitrogens is 1. The van der Waals surface area contributed by atoms with Crippen molar-refractivity contribution in [3.05, 3.63) is 11.2 Å². The number of rotatable bonds is 5. The Kier molecular flexibility index (Phi) is 5.03. The fourth-order valence-corrected chi connectivity index (χ4v) is 5.51. The molecule has 1 aromatic rings. The number of hydrogen-bond donors (Lipinski definition) is 1. The molecule has 0 unspecified atom stereocenters. The number of alkyl halides is 1. The molecule has 0 saturated heterocycles. The highest BCUT2D eigenvalue weighted by Gasteiger charge is 2.32. The molecule has 0 atom stereocenters. The second-order valence-electron chi connectivity index (χ2n) is 5.22. The molecule has 0 amide bonds. The van der Waals surface area contributed by atoms with Crippen LogP contribution in [0.15, 0.2) is 10.4 Å². The molecule has 19 heavy (non-hydrogen) atoms. The van der Waals surface area contributed by atoms with Crippen LogP contribution in [0.2, 0.25) is 0 Å². The average molecular weight is 367 g/mol. The molecule has 0 spiro atoms. The van der Waals surface area contributed by atoms with Gasteiger partial charge in [-0.25, -0.2) is 18.1 Å². The van der Waals surface area contributed by atoms with Crippen molar-refractivity contribution in [2.24, 2.45) is 5.41 Å². The van der Waals surface area contributed by atoms with Crippen LogP contribution in [0, 0.1) is 12.3 Å². The van der Waals surface area contributed by atoms with E-state index < -0.39 is 10.0 Å². The Morgan fingerprint density at radius 2 is 2.11 bits per heavy atom. The lowest BCUT2D eigenvalue weighted by Gasteiger charge is -2.35. The third-order valence-electron chi connectivity index (χ3n) is 3.70. The molecule has 1 aliphatic carbocycles. The zero-order valence-corrected chi connectivity index (χ0v) is 14.2. The summed E-state index contributed by atoms with van der Waals surface area (Å²) in [4.78, 5) is 4.01. The van der Waals surface area contributed by atoms with Crippen LogP contribution in [-0.2, 0) is 10.0 Å². The van der Waals surface area contributed by atoms with E-state index in [1.807, 2.05) is 6.92 Å². The minimum atomic E-state index is -3.40. The van der Waals surface area contributed by atoms with Gasteiger partial charge in [-0.1, -0.05) is 35.2 Å². The Hall–Kier alpha value is 0.0200. The number of hydrogen-bond acceptors (Lipinski definition) is 4. The van der Waals surface area contributed by atoms with Crippen LogP contribution < -0.4 is 4.72 Å². The number of nitrogens with one attached hydrogen (secondary N) is 1. The van der Waals surface area contributed by atoms with Crippen LogP contribution in [0.25, 0.3) is 0 Å². The van der Waals surface area contributed by atoms with E-state index in [2.05, 4.69) is 25.6 Å². The minimum absolute atomic E-state index is 0.0745. The van der Waals surface area contributed by atoms with Gasteiger partial charge in [-0.15, -0.1) is 11.3 Å². The predicted molar refractivity (Wildman–Crippen MR) is 81.4 cm³/mol. The fraction of sp³-hybridized carbons (Fsp3) is 0.750. The Labute approximate surface area is 127 Å². The number of nitrogens with zero attached hydrogens (tertiary/aromatic N) is 1. The van der Waals surface area contributed by atoms with Crippen LogP contribution in [0.4, 0.5) is 0 Å². The lowest BCUT2D eigenvalue weighted by molar-refractivity contribution is 0.227. The summed E-state index contributed by atoms with van der Waals surface area (Å²) in [6, 6.07) is 0. The number of sulfonamides is 1. The van der Waals surface area contributed by atoms with Gasteiger partial charge in [-0.2, -0.15) is 0 Å². The maximum absolute atomic E-state index is 12.2. The lowest BCUT2D eigenvalue weighted by Crippen LogP contribution is -2.39. The molecule has 108 valence electrons. The molecular formula is C12H19BrN2O2S2.